The predicted molar refractivity (Wildman–Crippen MR) is 64.9 cm³/mol. The van der Waals surface area contributed by atoms with E-state index >= 15 is 0 Å². The first-order valence-electron chi connectivity index (χ1n) is 5.65. The third-order valence-corrected chi connectivity index (χ3v) is 3.05. The lowest BCUT2D eigenvalue weighted by Crippen LogP contribution is -2.45. The minimum atomic E-state index is 0.383. The van der Waals surface area contributed by atoms with Crippen molar-refractivity contribution >= 4 is 17.5 Å². The van der Waals surface area contributed by atoms with Crippen molar-refractivity contribution in [2.24, 2.45) is 0 Å². The summed E-state index contributed by atoms with van der Waals surface area (Å²) in [5.41, 5.74) is 6.59. The van der Waals surface area contributed by atoms with Gasteiger partial charge in [0, 0.05) is 32.2 Å². The van der Waals surface area contributed by atoms with Crippen molar-refractivity contribution in [2.75, 3.05) is 43.9 Å². The average molecular weight is 233 g/mol. The van der Waals surface area contributed by atoms with Crippen molar-refractivity contribution in [3.8, 4) is 0 Å². The number of aromatic nitrogens is 4. The number of likely N-dealkylation sites (N-methyl/N-ethyl adjacent to an activating group) is 1. The summed E-state index contributed by atoms with van der Waals surface area (Å²) in [5, 5.41) is 4.06. The minimum absolute atomic E-state index is 0.383. The zero-order chi connectivity index (χ0) is 11.8. The van der Waals surface area contributed by atoms with Gasteiger partial charge in [-0.05, 0) is 7.05 Å². The normalized spacial score (nSPS) is 17.8. The lowest BCUT2D eigenvalue weighted by atomic mass is 10.3. The van der Waals surface area contributed by atoms with Gasteiger partial charge in [-0.15, -0.1) is 0 Å². The predicted octanol–water partition coefficient (Wildman–Crippen LogP) is -0.542. The Bertz CT molecular complexity index is 526. The Balaban J connectivity index is 1.94. The van der Waals surface area contributed by atoms with Crippen LogP contribution in [0, 0.1) is 0 Å². The van der Waals surface area contributed by atoms with Crippen LogP contribution in [-0.4, -0.2) is 57.7 Å². The minimum Gasteiger partial charge on any atom is -0.368 e. The first-order valence-corrected chi connectivity index (χ1v) is 5.65. The van der Waals surface area contributed by atoms with Crippen molar-refractivity contribution in [1.82, 2.24) is 24.5 Å². The molecule has 3 heterocycles. The van der Waals surface area contributed by atoms with Crippen LogP contribution in [0.4, 0.5) is 11.9 Å². The SMILES string of the molecule is CN1CCN(c2nc(N)n3nccc3n2)CC1. The van der Waals surface area contributed by atoms with Crippen LogP contribution in [-0.2, 0) is 0 Å². The van der Waals surface area contributed by atoms with Crippen molar-refractivity contribution in [1.29, 1.82) is 0 Å². The van der Waals surface area contributed by atoms with Gasteiger partial charge in [-0.3, -0.25) is 0 Å². The second kappa shape index (κ2) is 3.85. The van der Waals surface area contributed by atoms with Crippen molar-refractivity contribution in [2.45, 2.75) is 0 Å². The summed E-state index contributed by atoms with van der Waals surface area (Å²) in [6.45, 7) is 3.90. The summed E-state index contributed by atoms with van der Waals surface area (Å²) in [7, 11) is 2.12. The topological polar surface area (TPSA) is 75.6 Å². The molecule has 0 unspecified atom stereocenters. The van der Waals surface area contributed by atoms with E-state index in [1.165, 1.54) is 0 Å². The van der Waals surface area contributed by atoms with E-state index < -0.39 is 0 Å². The number of nitrogen functional groups attached to an aromatic ring is 1. The van der Waals surface area contributed by atoms with Gasteiger partial charge in [0.1, 0.15) is 0 Å². The van der Waals surface area contributed by atoms with Crippen LogP contribution in [0.5, 0.6) is 0 Å². The fourth-order valence-electron chi connectivity index (χ4n) is 1.98. The van der Waals surface area contributed by atoms with Crippen molar-refractivity contribution < 1.29 is 0 Å². The van der Waals surface area contributed by atoms with E-state index in [-0.39, 0.29) is 0 Å². The maximum atomic E-state index is 5.85. The highest BCUT2D eigenvalue weighted by atomic mass is 15.4. The second-order valence-corrected chi connectivity index (χ2v) is 4.27. The largest absolute Gasteiger partial charge is 0.368 e. The Hall–Kier alpha value is -1.89. The molecule has 17 heavy (non-hydrogen) atoms. The highest BCUT2D eigenvalue weighted by Crippen LogP contribution is 2.14. The summed E-state index contributed by atoms with van der Waals surface area (Å²) in [6.07, 6.45) is 1.67. The molecular weight excluding hydrogens is 218 g/mol. The van der Waals surface area contributed by atoms with Crippen LogP contribution in [0.15, 0.2) is 12.3 Å². The standard InChI is InChI=1S/C10H15N7/c1-15-4-6-16(7-5-15)10-13-8-2-3-12-17(8)9(11)14-10/h2-3H,4-7H2,1H3,(H2,11,13,14). The summed E-state index contributed by atoms with van der Waals surface area (Å²) in [5.74, 6) is 1.08. The Labute approximate surface area is 98.9 Å². The zero-order valence-electron chi connectivity index (χ0n) is 9.74. The van der Waals surface area contributed by atoms with Gasteiger partial charge in [-0.25, -0.2) is 0 Å². The molecule has 1 fully saturated rings. The Morgan fingerprint density at radius 2 is 1.94 bits per heavy atom. The average Bonchev–Trinajstić information content (AvgIpc) is 2.78. The molecular formula is C10H15N7. The molecule has 3 rings (SSSR count). The van der Waals surface area contributed by atoms with Crippen molar-refractivity contribution in [3.05, 3.63) is 12.3 Å². The third-order valence-electron chi connectivity index (χ3n) is 3.05. The van der Waals surface area contributed by atoms with Crippen LogP contribution in [0.1, 0.15) is 0 Å². The molecule has 0 saturated carbocycles. The van der Waals surface area contributed by atoms with Gasteiger partial charge in [-0.1, -0.05) is 0 Å². The van der Waals surface area contributed by atoms with Crippen LogP contribution in [0.25, 0.3) is 5.65 Å². The molecule has 90 valence electrons. The molecule has 0 spiro atoms. The van der Waals surface area contributed by atoms with Gasteiger partial charge in [-0.2, -0.15) is 19.6 Å². The van der Waals surface area contributed by atoms with Gasteiger partial charge >= 0.3 is 0 Å². The second-order valence-electron chi connectivity index (χ2n) is 4.27. The first-order chi connectivity index (χ1) is 8.24. The van der Waals surface area contributed by atoms with E-state index in [1.807, 2.05) is 6.07 Å². The van der Waals surface area contributed by atoms with E-state index in [9.17, 15) is 0 Å². The molecule has 0 aromatic carbocycles. The molecule has 2 aromatic heterocycles. The summed E-state index contributed by atoms with van der Waals surface area (Å²) < 4.78 is 1.54. The van der Waals surface area contributed by atoms with E-state index in [0.29, 0.717) is 11.9 Å². The van der Waals surface area contributed by atoms with E-state index in [2.05, 4.69) is 31.9 Å². The molecule has 0 radical (unpaired) electrons. The molecule has 1 aliphatic rings. The zero-order valence-corrected chi connectivity index (χ0v) is 9.74. The van der Waals surface area contributed by atoms with Gasteiger partial charge in [0.2, 0.25) is 11.9 Å². The van der Waals surface area contributed by atoms with E-state index in [4.69, 9.17) is 5.73 Å². The highest BCUT2D eigenvalue weighted by molar-refractivity contribution is 5.48. The smallest absolute Gasteiger partial charge is 0.230 e. The molecule has 1 saturated heterocycles. The molecule has 2 N–H and O–H groups in total. The maximum Gasteiger partial charge on any atom is 0.230 e. The number of hydrogen-bond donors (Lipinski definition) is 1. The van der Waals surface area contributed by atoms with E-state index in [1.54, 1.807) is 10.7 Å². The number of hydrogen-bond acceptors (Lipinski definition) is 6. The number of piperazine rings is 1. The molecule has 0 atom stereocenters. The molecule has 1 aliphatic heterocycles. The number of nitrogens with zero attached hydrogens (tertiary/aromatic N) is 6. The van der Waals surface area contributed by atoms with Crippen LogP contribution < -0.4 is 10.6 Å². The molecule has 0 amide bonds. The van der Waals surface area contributed by atoms with Crippen LogP contribution in [0.3, 0.4) is 0 Å². The molecule has 0 bridgehead atoms. The van der Waals surface area contributed by atoms with Gasteiger partial charge < -0.3 is 15.5 Å². The molecule has 2 aromatic rings. The van der Waals surface area contributed by atoms with E-state index in [0.717, 1.165) is 31.8 Å². The fourth-order valence-corrected chi connectivity index (χ4v) is 1.98. The maximum absolute atomic E-state index is 5.85. The summed E-state index contributed by atoms with van der Waals surface area (Å²) >= 11 is 0. The Morgan fingerprint density at radius 3 is 2.71 bits per heavy atom. The quantitative estimate of drug-likeness (QED) is 0.713. The fraction of sp³-hybridized carbons (Fsp3) is 0.500. The van der Waals surface area contributed by atoms with Gasteiger partial charge in [0.15, 0.2) is 5.65 Å². The number of nitrogens with two attached hydrogens (primary N) is 1. The van der Waals surface area contributed by atoms with Crippen LogP contribution in [0.2, 0.25) is 0 Å². The first kappa shape index (κ1) is 10.3. The Morgan fingerprint density at radius 1 is 1.18 bits per heavy atom. The molecule has 7 nitrogen and oxygen atoms in total. The van der Waals surface area contributed by atoms with Gasteiger partial charge in [0.05, 0.1) is 6.20 Å². The third kappa shape index (κ3) is 1.78. The number of fused-ring (bicyclic) bond motifs is 1. The molecule has 7 heteroatoms. The van der Waals surface area contributed by atoms with Crippen molar-refractivity contribution in [3.63, 3.8) is 0 Å². The molecule has 0 aliphatic carbocycles. The Kier molecular flexibility index (Phi) is 2.32. The number of rotatable bonds is 1. The summed E-state index contributed by atoms with van der Waals surface area (Å²) in [6, 6.07) is 1.83. The van der Waals surface area contributed by atoms with Gasteiger partial charge in [0.25, 0.3) is 0 Å². The lowest BCUT2D eigenvalue weighted by molar-refractivity contribution is 0.311. The van der Waals surface area contributed by atoms with Crippen LogP contribution >= 0.6 is 0 Å². The summed E-state index contributed by atoms with van der Waals surface area (Å²) in [4.78, 5) is 13.2. The lowest BCUT2D eigenvalue weighted by Gasteiger charge is -2.32. The highest BCUT2D eigenvalue weighted by Gasteiger charge is 2.17. The number of anilines is 2. The monoisotopic (exact) mass is 233 g/mol.